The number of nitrogens with zero attached hydrogens (tertiary/aromatic N) is 2. The van der Waals surface area contributed by atoms with Gasteiger partial charge in [-0.3, -0.25) is 19.5 Å². The van der Waals surface area contributed by atoms with Crippen LogP contribution in [0.3, 0.4) is 0 Å². The zero-order chi connectivity index (χ0) is 20.8. The Balaban J connectivity index is 1.87. The summed E-state index contributed by atoms with van der Waals surface area (Å²) in [7, 11) is 0. The number of pyridine rings is 1. The standard InChI is InChI=1S/C20H22N4O4S/c1-13-6-3-2-4-8-14(9-5-7-13)29-16-10-15(25)18(19-22-12-23-24(16)19)20(28)21-11-17(26)27/h2-4,6,10,12,14H,1,5,7-9,11H2,(H,21,28)(H,22,23)(H,26,27)/b4-2-,6-3-. The number of carbonyl (C=O) groups is 2. The SMILES string of the molecule is C=C1/C=C\C=C/CC(Sc2cc(=O)c(C(=O)NCC(=O)O)c3nc[nH]n23)CCC1. The molecular formula is C20H22N4O4S. The molecule has 2 heterocycles. The van der Waals surface area contributed by atoms with E-state index in [0.29, 0.717) is 5.03 Å². The van der Waals surface area contributed by atoms with E-state index < -0.39 is 23.9 Å². The second-order valence-electron chi connectivity index (χ2n) is 6.66. The minimum atomic E-state index is -1.19. The predicted octanol–water partition coefficient (Wildman–Crippen LogP) is 2.54. The molecule has 0 aromatic carbocycles. The van der Waals surface area contributed by atoms with Crippen molar-refractivity contribution < 1.29 is 14.7 Å². The third kappa shape index (κ3) is 5.26. The van der Waals surface area contributed by atoms with Gasteiger partial charge in [0.05, 0.1) is 0 Å². The Hall–Kier alpha value is -3.07. The molecule has 1 unspecified atom stereocenters. The maximum absolute atomic E-state index is 12.6. The molecule has 0 radical (unpaired) electrons. The fourth-order valence-corrected chi connectivity index (χ4v) is 4.30. The summed E-state index contributed by atoms with van der Waals surface area (Å²) in [6.45, 7) is 3.46. The van der Waals surface area contributed by atoms with E-state index >= 15 is 0 Å². The highest BCUT2D eigenvalue weighted by Crippen LogP contribution is 2.30. The normalized spacial score (nSPS) is 19.6. The van der Waals surface area contributed by atoms with E-state index in [1.807, 2.05) is 18.2 Å². The molecule has 2 aromatic heterocycles. The van der Waals surface area contributed by atoms with Gasteiger partial charge in [-0.15, -0.1) is 11.8 Å². The van der Waals surface area contributed by atoms with Crippen LogP contribution >= 0.6 is 11.8 Å². The number of H-pyrrole nitrogens is 1. The Morgan fingerprint density at radius 3 is 3.03 bits per heavy atom. The first-order valence-electron chi connectivity index (χ1n) is 9.22. The van der Waals surface area contributed by atoms with Crippen molar-refractivity contribution in [2.45, 2.75) is 36.0 Å². The van der Waals surface area contributed by atoms with E-state index in [4.69, 9.17) is 5.11 Å². The Labute approximate surface area is 171 Å². The monoisotopic (exact) mass is 414 g/mol. The van der Waals surface area contributed by atoms with Crippen molar-refractivity contribution in [3.05, 3.63) is 64.6 Å². The highest BCUT2D eigenvalue weighted by Gasteiger charge is 2.21. The number of fused-ring (bicyclic) bond motifs is 1. The Morgan fingerprint density at radius 1 is 1.41 bits per heavy atom. The molecule has 8 nitrogen and oxygen atoms in total. The first-order chi connectivity index (χ1) is 14.0. The van der Waals surface area contributed by atoms with Gasteiger partial charge in [-0.1, -0.05) is 36.5 Å². The molecule has 3 N–H and O–H groups in total. The molecule has 1 aliphatic carbocycles. The molecule has 3 rings (SSSR count). The molecule has 0 spiro atoms. The zero-order valence-electron chi connectivity index (χ0n) is 15.8. The van der Waals surface area contributed by atoms with Crippen LogP contribution in [0.2, 0.25) is 0 Å². The lowest BCUT2D eigenvalue weighted by Crippen LogP contribution is -2.33. The third-order valence-corrected chi connectivity index (χ3v) is 5.75. The lowest BCUT2D eigenvalue weighted by molar-refractivity contribution is -0.135. The summed E-state index contributed by atoms with van der Waals surface area (Å²) in [5.74, 6) is -1.95. The number of amides is 1. The highest BCUT2D eigenvalue weighted by atomic mass is 32.2. The van der Waals surface area contributed by atoms with Crippen molar-refractivity contribution in [1.29, 1.82) is 0 Å². The van der Waals surface area contributed by atoms with Crippen LogP contribution in [0.25, 0.3) is 5.65 Å². The number of hydrogen-bond donors (Lipinski definition) is 3. The van der Waals surface area contributed by atoms with Crippen LogP contribution in [0.15, 0.2) is 58.7 Å². The fraction of sp³-hybridized carbons (Fsp3) is 0.300. The second-order valence-corrected chi connectivity index (χ2v) is 7.98. The maximum atomic E-state index is 12.6. The molecule has 0 saturated heterocycles. The fourth-order valence-electron chi connectivity index (χ4n) is 3.05. The third-order valence-electron chi connectivity index (χ3n) is 4.45. The van der Waals surface area contributed by atoms with Crippen LogP contribution in [-0.4, -0.2) is 43.4 Å². The maximum Gasteiger partial charge on any atom is 0.322 e. The number of aromatic nitrogens is 3. The van der Waals surface area contributed by atoms with Gasteiger partial charge in [0.25, 0.3) is 5.91 Å². The molecule has 1 amide bonds. The van der Waals surface area contributed by atoms with Crippen molar-refractivity contribution in [2.75, 3.05) is 6.54 Å². The van der Waals surface area contributed by atoms with E-state index in [9.17, 15) is 14.4 Å². The Bertz CT molecular complexity index is 1050. The van der Waals surface area contributed by atoms with Crippen molar-refractivity contribution in [2.24, 2.45) is 0 Å². The van der Waals surface area contributed by atoms with Crippen molar-refractivity contribution in [3.63, 3.8) is 0 Å². The number of thioether (sulfide) groups is 1. The van der Waals surface area contributed by atoms with Crippen LogP contribution in [0.1, 0.15) is 36.0 Å². The molecular weight excluding hydrogens is 392 g/mol. The van der Waals surface area contributed by atoms with Gasteiger partial charge in [0.1, 0.15) is 23.5 Å². The molecule has 0 aliphatic heterocycles. The zero-order valence-corrected chi connectivity index (χ0v) is 16.6. The number of hydrogen-bond acceptors (Lipinski definition) is 5. The molecule has 1 aliphatic rings. The summed E-state index contributed by atoms with van der Waals surface area (Å²) in [5, 5.41) is 14.8. The number of aromatic amines is 1. The van der Waals surface area contributed by atoms with Crippen molar-refractivity contribution >= 4 is 29.3 Å². The van der Waals surface area contributed by atoms with Crippen molar-refractivity contribution in [3.8, 4) is 0 Å². The number of carbonyl (C=O) groups excluding carboxylic acids is 1. The summed E-state index contributed by atoms with van der Waals surface area (Å²) in [6.07, 6.45) is 13.2. The minimum Gasteiger partial charge on any atom is -0.480 e. The van der Waals surface area contributed by atoms with Gasteiger partial charge >= 0.3 is 5.97 Å². The van der Waals surface area contributed by atoms with E-state index in [-0.39, 0.29) is 16.5 Å². The molecule has 2 aromatic rings. The van der Waals surface area contributed by atoms with Gasteiger partial charge < -0.3 is 10.4 Å². The molecule has 0 bridgehead atoms. The Morgan fingerprint density at radius 2 is 2.24 bits per heavy atom. The van der Waals surface area contributed by atoms with Crippen LogP contribution in [0, 0.1) is 0 Å². The van der Waals surface area contributed by atoms with Crippen molar-refractivity contribution in [1.82, 2.24) is 19.9 Å². The quantitative estimate of drug-likeness (QED) is 0.692. The van der Waals surface area contributed by atoms with Gasteiger partial charge in [-0.2, -0.15) is 0 Å². The van der Waals surface area contributed by atoms with Gasteiger partial charge in [0, 0.05) is 11.3 Å². The first-order valence-corrected chi connectivity index (χ1v) is 10.1. The summed E-state index contributed by atoms with van der Waals surface area (Å²) in [5.41, 5.74) is 0.595. The summed E-state index contributed by atoms with van der Waals surface area (Å²) in [6, 6.07) is 1.40. The number of carboxylic acid groups (broad SMARTS) is 1. The van der Waals surface area contributed by atoms with Crippen LogP contribution in [-0.2, 0) is 4.79 Å². The molecule has 29 heavy (non-hydrogen) atoms. The van der Waals surface area contributed by atoms with Gasteiger partial charge in [-0.05, 0) is 25.7 Å². The van der Waals surface area contributed by atoms with E-state index in [1.165, 1.54) is 12.4 Å². The van der Waals surface area contributed by atoms with Crippen LogP contribution in [0.5, 0.6) is 0 Å². The molecule has 9 heteroatoms. The average molecular weight is 414 g/mol. The second kappa shape index (κ2) is 9.42. The molecule has 152 valence electrons. The summed E-state index contributed by atoms with van der Waals surface area (Å²) in [4.78, 5) is 39.7. The number of nitrogens with one attached hydrogen (secondary N) is 2. The summed E-state index contributed by atoms with van der Waals surface area (Å²) < 4.78 is 1.59. The van der Waals surface area contributed by atoms with Gasteiger partial charge in [0.15, 0.2) is 11.1 Å². The first kappa shape index (κ1) is 20.7. The number of rotatable bonds is 5. The van der Waals surface area contributed by atoms with E-state index in [2.05, 4.69) is 28.1 Å². The Kier molecular flexibility index (Phi) is 6.71. The average Bonchev–Trinajstić information content (AvgIpc) is 3.15. The van der Waals surface area contributed by atoms with Crippen LogP contribution < -0.4 is 10.7 Å². The van der Waals surface area contributed by atoms with Gasteiger partial charge in [0.2, 0.25) is 0 Å². The topological polar surface area (TPSA) is 117 Å². The summed E-state index contributed by atoms with van der Waals surface area (Å²) >= 11 is 1.55. The molecule has 0 saturated carbocycles. The lowest BCUT2D eigenvalue weighted by Gasteiger charge is -2.16. The number of allylic oxidation sites excluding steroid dienone is 5. The largest absolute Gasteiger partial charge is 0.480 e. The van der Waals surface area contributed by atoms with E-state index in [1.54, 1.807) is 16.3 Å². The predicted molar refractivity (Wildman–Crippen MR) is 111 cm³/mol. The van der Waals surface area contributed by atoms with Gasteiger partial charge in [-0.25, -0.2) is 9.50 Å². The molecule has 1 atom stereocenters. The minimum absolute atomic E-state index is 0.176. The number of carboxylic acids is 1. The number of aliphatic carboxylic acids is 1. The molecule has 0 fully saturated rings. The highest BCUT2D eigenvalue weighted by molar-refractivity contribution is 7.99. The smallest absolute Gasteiger partial charge is 0.322 e. The van der Waals surface area contributed by atoms with E-state index in [0.717, 1.165) is 31.3 Å². The van der Waals surface area contributed by atoms with Crippen LogP contribution in [0.4, 0.5) is 0 Å². The lowest BCUT2D eigenvalue weighted by atomic mass is 10.1.